The topological polar surface area (TPSA) is 61.6 Å². The van der Waals surface area contributed by atoms with Crippen molar-refractivity contribution in [3.05, 3.63) is 59.7 Å². The normalized spacial score (nSPS) is 10.1. The zero-order valence-corrected chi connectivity index (χ0v) is 11.3. The molecule has 0 atom stereocenters. The number of methoxy groups -OCH3 is 1. The first-order valence-corrected chi connectivity index (χ1v) is 6.34. The van der Waals surface area contributed by atoms with Gasteiger partial charge >= 0.3 is 0 Å². The standard InChI is InChI=1S/C16H17NO3/c1-19-14-3-2-4-15(11-14)20-10-9-12-5-7-13(8-6-12)16(17)18/h2-8,11H,9-10H2,1H3,(H2,17,18). The quantitative estimate of drug-likeness (QED) is 0.877. The van der Waals surface area contributed by atoms with Crippen LogP contribution in [0, 0.1) is 0 Å². The van der Waals surface area contributed by atoms with Crippen LogP contribution in [0.5, 0.6) is 11.5 Å². The maximum atomic E-state index is 11.0. The number of carbonyl (C=O) groups excluding carboxylic acids is 1. The number of rotatable bonds is 6. The van der Waals surface area contributed by atoms with Gasteiger partial charge in [-0.1, -0.05) is 18.2 Å². The van der Waals surface area contributed by atoms with Gasteiger partial charge in [-0.2, -0.15) is 0 Å². The van der Waals surface area contributed by atoms with Crippen molar-refractivity contribution in [3.63, 3.8) is 0 Å². The summed E-state index contributed by atoms with van der Waals surface area (Å²) < 4.78 is 10.8. The van der Waals surface area contributed by atoms with Crippen molar-refractivity contribution in [2.45, 2.75) is 6.42 Å². The number of nitrogens with two attached hydrogens (primary N) is 1. The van der Waals surface area contributed by atoms with Gasteiger partial charge in [0.2, 0.25) is 5.91 Å². The summed E-state index contributed by atoms with van der Waals surface area (Å²) in [7, 11) is 1.62. The lowest BCUT2D eigenvalue weighted by Crippen LogP contribution is -2.10. The molecule has 104 valence electrons. The third-order valence-corrected chi connectivity index (χ3v) is 2.94. The van der Waals surface area contributed by atoms with Gasteiger partial charge in [-0.15, -0.1) is 0 Å². The average Bonchev–Trinajstić information content (AvgIpc) is 2.48. The lowest BCUT2D eigenvalue weighted by Gasteiger charge is -2.08. The highest BCUT2D eigenvalue weighted by Crippen LogP contribution is 2.19. The average molecular weight is 271 g/mol. The highest BCUT2D eigenvalue weighted by molar-refractivity contribution is 5.92. The first kappa shape index (κ1) is 13.9. The van der Waals surface area contributed by atoms with Gasteiger partial charge in [-0.3, -0.25) is 4.79 Å². The van der Waals surface area contributed by atoms with E-state index in [-0.39, 0.29) is 0 Å². The Morgan fingerprint density at radius 1 is 1.10 bits per heavy atom. The van der Waals surface area contributed by atoms with Crippen molar-refractivity contribution < 1.29 is 14.3 Å². The first-order valence-electron chi connectivity index (χ1n) is 6.34. The van der Waals surface area contributed by atoms with Crippen LogP contribution in [0.3, 0.4) is 0 Å². The van der Waals surface area contributed by atoms with Gasteiger partial charge in [0.25, 0.3) is 0 Å². The van der Waals surface area contributed by atoms with Crippen LogP contribution in [0.1, 0.15) is 15.9 Å². The second-order valence-corrected chi connectivity index (χ2v) is 4.34. The molecule has 0 aliphatic heterocycles. The fraction of sp³-hybridized carbons (Fsp3) is 0.188. The predicted octanol–water partition coefficient (Wildman–Crippen LogP) is 2.42. The number of amides is 1. The van der Waals surface area contributed by atoms with Crippen molar-refractivity contribution in [1.29, 1.82) is 0 Å². The van der Waals surface area contributed by atoms with Gasteiger partial charge in [0, 0.05) is 18.1 Å². The highest BCUT2D eigenvalue weighted by Gasteiger charge is 2.01. The summed E-state index contributed by atoms with van der Waals surface area (Å²) in [6.07, 6.45) is 0.760. The van der Waals surface area contributed by atoms with Crippen LogP contribution in [0.15, 0.2) is 48.5 Å². The van der Waals surface area contributed by atoms with Crippen LogP contribution in [0.4, 0.5) is 0 Å². The van der Waals surface area contributed by atoms with Crippen molar-refractivity contribution in [2.24, 2.45) is 5.73 Å². The fourth-order valence-corrected chi connectivity index (χ4v) is 1.81. The molecule has 4 heteroatoms. The van der Waals surface area contributed by atoms with Crippen LogP contribution >= 0.6 is 0 Å². The third-order valence-electron chi connectivity index (χ3n) is 2.94. The van der Waals surface area contributed by atoms with Gasteiger partial charge < -0.3 is 15.2 Å². The zero-order valence-electron chi connectivity index (χ0n) is 11.3. The SMILES string of the molecule is COc1cccc(OCCc2ccc(C(N)=O)cc2)c1. The summed E-state index contributed by atoms with van der Waals surface area (Å²) in [5, 5.41) is 0. The molecular formula is C16H17NO3. The van der Waals surface area contributed by atoms with Gasteiger partial charge in [0.1, 0.15) is 11.5 Å². The molecule has 0 heterocycles. The molecule has 0 saturated carbocycles. The van der Waals surface area contributed by atoms with E-state index in [0.717, 1.165) is 23.5 Å². The van der Waals surface area contributed by atoms with E-state index in [4.69, 9.17) is 15.2 Å². The summed E-state index contributed by atoms with van der Waals surface area (Å²) >= 11 is 0. The predicted molar refractivity (Wildman–Crippen MR) is 77.2 cm³/mol. The van der Waals surface area contributed by atoms with Crippen molar-refractivity contribution in [3.8, 4) is 11.5 Å². The summed E-state index contributed by atoms with van der Waals surface area (Å²) in [6.45, 7) is 0.559. The van der Waals surface area contributed by atoms with E-state index in [1.165, 1.54) is 0 Å². The largest absolute Gasteiger partial charge is 0.497 e. The van der Waals surface area contributed by atoms with Crippen molar-refractivity contribution in [1.82, 2.24) is 0 Å². The Balaban J connectivity index is 1.87. The molecule has 2 N–H and O–H groups in total. The molecule has 0 aliphatic carbocycles. The molecule has 4 nitrogen and oxygen atoms in total. The summed E-state index contributed by atoms with van der Waals surface area (Å²) in [5.41, 5.74) is 6.80. The molecule has 0 fully saturated rings. The Labute approximate surface area is 118 Å². The molecule has 2 aromatic carbocycles. The minimum atomic E-state index is -0.413. The van der Waals surface area contributed by atoms with Crippen LogP contribution in [-0.2, 0) is 6.42 Å². The number of hydrogen-bond acceptors (Lipinski definition) is 3. The van der Waals surface area contributed by atoms with Crippen molar-refractivity contribution >= 4 is 5.91 Å². The van der Waals surface area contributed by atoms with Gasteiger partial charge in [0.05, 0.1) is 13.7 Å². The molecule has 0 saturated heterocycles. The smallest absolute Gasteiger partial charge is 0.248 e. The van der Waals surface area contributed by atoms with E-state index in [2.05, 4.69) is 0 Å². The zero-order chi connectivity index (χ0) is 14.4. The molecule has 2 aromatic rings. The van der Waals surface area contributed by atoms with E-state index in [1.54, 1.807) is 19.2 Å². The lowest BCUT2D eigenvalue weighted by atomic mass is 10.1. The van der Waals surface area contributed by atoms with Crippen LogP contribution < -0.4 is 15.2 Å². The molecule has 0 bridgehead atoms. The van der Waals surface area contributed by atoms with E-state index < -0.39 is 5.91 Å². The van der Waals surface area contributed by atoms with E-state index in [1.807, 2.05) is 36.4 Å². The van der Waals surface area contributed by atoms with Crippen LogP contribution in [0.25, 0.3) is 0 Å². The summed E-state index contributed by atoms with van der Waals surface area (Å²) in [6, 6.07) is 14.7. The highest BCUT2D eigenvalue weighted by atomic mass is 16.5. The number of benzene rings is 2. The number of ether oxygens (including phenoxy) is 2. The molecule has 0 unspecified atom stereocenters. The van der Waals surface area contributed by atoms with Gasteiger partial charge in [-0.05, 0) is 29.8 Å². The minimum absolute atomic E-state index is 0.413. The molecule has 0 radical (unpaired) electrons. The van der Waals surface area contributed by atoms with E-state index in [0.29, 0.717) is 12.2 Å². The van der Waals surface area contributed by atoms with Crippen LogP contribution in [0.2, 0.25) is 0 Å². The maximum absolute atomic E-state index is 11.0. The molecule has 2 rings (SSSR count). The Bertz CT molecular complexity index is 579. The number of primary amides is 1. The Morgan fingerprint density at radius 3 is 2.45 bits per heavy atom. The molecule has 1 amide bonds. The Morgan fingerprint density at radius 2 is 1.80 bits per heavy atom. The Hall–Kier alpha value is -2.49. The maximum Gasteiger partial charge on any atom is 0.248 e. The second kappa shape index (κ2) is 6.61. The molecule has 20 heavy (non-hydrogen) atoms. The summed E-state index contributed by atoms with van der Waals surface area (Å²) in [5.74, 6) is 1.13. The van der Waals surface area contributed by atoms with E-state index in [9.17, 15) is 4.79 Å². The second-order valence-electron chi connectivity index (χ2n) is 4.34. The molecule has 0 spiro atoms. The third kappa shape index (κ3) is 3.75. The van der Waals surface area contributed by atoms with Crippen LogP contribution in [-0.4, -0.2) is 19.6 Å². The number of hydrogen-bond donors (Lipinski definition) is 1. The number of carbonyl (C=O) groups is 1. The minimum Gasteiger partial charge on any atom is -0.497 e. The fourth-order valence-electron chi connectivity index (χ4n) is 1.81. The molecular weight excluding hydrogens is 254 g/mol. The summed E-state index contributed by atoms with van der Waals surface area (Å²) in [4.78, 5) is 11.0. The van der Waals surface area contributed by atoms with E-state index >= 15 is 0 Å². The van der Waals surface area contributed by atoms with Gasteiger partial charge in [0.15, 0.2) is 0 Å². The lowest BCUT2D eigenvalue weighted by molar-refractivity contribution is 0.100. The van der Waals surface area contributed by atoms with Crippen molar-refractivity contribution in [2.75, 3.05) is 13.7 Å². The van der Waals surface area contributed by atoms with Gasteiger partial charge in [-0.25, -0.2) is 0 Å². The molecule has 0 aromatic heterocycles. The molecule has 0 aliphatic rings. The monoisotopic (exact) mass is 271 g/mol. The Kier molecular flexibility index (Phi) is 4.60. The first-order chi connectivity index (χ1) is 9.69.